The minimum Gasteiger partial charge on any atom is -0.352 e. The van der Waals surface area contributed by atoms with E-state index >= 15 is 0 Å². The Balaban J connectivity index is 2.82. The third kappa shape index (κ3) is 1.31. The summed E-state index contributed by atoms with van der Waals surface area (Å²) in [6.45, 7) is 0. The molecule has 1 aromatic carbocycles. The van der Waals surface area contributed by atoms with Crippen molar-refractivity contribution in [1.29, 1.82) is 0 Å². The van der Waals surface area contributed by atoms with Gasteiger partial charge in [0.2, 0.25) is 0 Å². The molecule has 0 bridgehead atoms. The third-order valence-corrected chi connectivity index (χ3v) is 2.02. The average molecular weight is 198 g/mol. The highest BCUT2D eigenvalue weighted by molar-refractivity contribution is 6.31. The van der Waals surface area contributed by atoms with E-state index in [0.717, 1.165) is 0 Å². The molecule has 0 spiro atoms. The van der Waals surface area contributed by atoms with Crippen molar-refractivity contribution >= 4 is 28.8 Å². The average Bonchev–Trinajstić information content (AvgIpc) is 2.47. The molecule has 1 N–H and O–H groups in total. The van der Waals surface area contributed by atoms with Gasteiger partial charge in [0.25, 0.3) is 0 Å². The van der Waals surface area contributed by atoms with Gasteiger partial charge in [-0.2, -0.15) is 0 Å². The number of benzene rings is 1. The molecule has 0 fully saturated rings. The van der Waals surface area contributed by atoms with Crippen molar-refractivity contribution in [3.63, 3.8) is 0 Å². The summed E-state index contributed by atoms with van der Waals surface area (Å²) in [4.78, 5) is 13.1. The number of H-pyrrole nitrogens is 1. The molecule has 0 amide bonds. The molecule has 0 aliphatic carbocycles. The van der Waals surface area contributed by atoms with E-state index in [4.69, 9.17) is 11.6 Å². The molecular formula is C9H5ClFNO. The number of carbonyl (C=O) groups is 1. The lowest BCUT2D eigenvalue weighted by Gasteiger charge is -1.92. The predicted molar refractivity (Wildman–Crippen MR) is 48.7 cm³/mol. The molecule has 13 heavy (non-hydrogen) atoms. The van der Waals surface area contributed by atoms with Crippen molar-refractivity contribution < 1.29 is 9.18 Å². The van der Waals surface area contributed by atoms with E-state index in [0.29, 0.717) is 27.9 Å². The van der Waals surface area contributed by atoms with E-state index in [1.165, 1.54) is 12.1 Å². The number of aldehydes is 1. The first kappa shape index (κ1) is 8.26. The summed E-state index contributed by atoms with van der Waals surface area (Å²) in [6, 6.07) is 4.24. The van der Waals surface area contributed by atoms with Crippen molar-refractivity contribution in [3.8, 4) is 0 Å². The van der Waals surface area contributed by atoms with Crippen LogP contribution in [0.2, 0.25) is 5.02 Å². The smallest absolute Gasteiger partial charge is 0.166 e. The van der Waals surface area contributed by atoms with Gasteiger partial charge in [0.15, 0.2) is 6.29 Å². The number of hydrogen-bond acceptors (Lipinski definition) is 1. The molecule has 1 aromatic heterocycles. The van der Waals surface area contributed by atoms with Crippen molar-refractivity contribution in [1.82, 2.24) is 4.98 Å². The third-order valence-electron chi connectivity index (χ3n) is 1.80. The Morgan fingerprint density at radius 3 is 2.85 bits per heavy atom. The van der Waals surface area contributed by atoms with Gasteiger partial charge in [0.1, 0.15) is 5.82 Å². The van der Waals surface area contributed by atoms with Crippen molar-refractivity contribution in [2.45, 2.75) is 0 Å². The molecule has 0 saturated carbocycles. The van der Waals surface area contributed by atoms with Gasteiger partial charge < -0.3 is 4.98 Å². The number of fused-ring (bicyclic) bond motifs is 1. The summed E-state index contributed by atoms with van der Waals surface area (Å²) in [5.74, 6) is -0.424. The fourth-order valence-electron chi connectivity index (χ4n) is 1.25. The predicted octanol–water partition coefficient (Wildman–Crippen LogP) is 2.77. The van der Waals surface area contributed by atoms with Crippen LogP contribution in [0.4, 0.5) is 4.39 Å². The highest BCUT2D eigenvalue weighted by Gasteiger charge is 2.06. The fraction of sp³-hybridized carbons (Fsp3) is 0. The maximum absolute atomic E-state index is 13.2. The Morgan fingerprint density at radius 1 is 1.38 bits per heavy atom. The number of rotatable bonds is 1. The van der Waals surface area contributed by atoms with Gasteiger partial charge in [0.05, 0.1) is 11.2 Å². The first-order chi connectivity index (χ1) is 6.20. The lowest BCUT2D eigenvalue weighted by molar-refractivity contribution is 0.112. The normalized spacial score (nSPS) is 10.6. The van der Waals surface area contributed by atoms with E-state index in [-0.39, 0.29) is 0 Å². The second kappa shape index (κ2) is 2.85. The molecule has 2 nitrogen and oxygen atoms in total. The van der Waals surface area contributed by atoms with Crippen LogP contribution in [0.5, 0.6) is 0 Å². The molecule has 66 valence electrons. The first-order valence-electron chi connectivity index (χ1n) is 3.63. The van der Waals surface area contributed by atoms with Crippen LogP contribution in [0.1, 0.15) is 10.5 Å². The van der Waals surface area contributed by atoms with Crippen LogP contribution in [0.25, 0.3) is 10.9 Å². The van der Waals surface area contributed by atoms with E-state index in [2.05, 4.69) is 4.98 Å². The van der Waals surface area contributed by atoms with Gasteiger partial charge >= 0.3 is 0 Å². The highest BCUT2D eigenvalue weighted by Crippen LogP contribution is 2.22. The fourth-order valence-corrected chi connectivity index (χ4v) is 1.45. The van der Waals surface area contributed by atoms with Crippen molar-refractivity contribution in [3.05, 3.63) is 34.7 Å². The maximum Gasteiger partial charge on any atom is 0.166 e. The van der Waals surface area contributed by atoms with E-state index < -0.39 is 5.82 Å². The monoisotopic (exact) mass is 197 g/mol. The van der Waals surface area contributed by atoms with E-state index in [9.17, 15) is 9.18 Å². The lowest BCUT2D eigenvalue weighted by atomic mass is 10.2. The zero-order valence-electron chi connectivity index (χ0n) is 6.47. The Morgan fingerprint density at radius 2 is 2.15 bits per heavy atom. The van der Waals surface area contributed by atoms with Gasteiger partial charge in [-0.3, -0.25) is 4.79 Å². The van der Waals surface area contributed by atoms with E-state index in [1.807, 2.05) is 0 Å². The lowest BCUT2D eigenvalue weighted by Crippen LogP contribution is -1.76. The Kier molecular flexibility index (Phi) is 1.81. The topological polar surface area (TPSA) is 32.9 Å². The molecule has 0 atom stereocenters. The minimum atomic E-state index is -0.424. The second-order valence-electron chi connectivity index (χ2n) is 2.69. The summed E-state index contributed by atoms with van der Waals surface area (Å²) in [5, 5.41) is 0.691. The molecular weight excluding hydrogens is 193 g/mol. The molecule has 0 aliphatic heterocycles. The number of hydrogen-bond donors (Lipinski definition) is 1. The summed E-state index contributed by atoms with van der Waals surface area (Å²) < 4.78 is 13.2. The van der Waals surface area contributed by atoms with Crippen LogP contribution < -0.4 is 0 Å². The summed E-state index contributed by atoms with van der Waals surface area (Å²) in [6.07, 6.45) is 0.632. The number of carbonyl (C=O) groups excluding carboxylic acids is 1. The minimum absolute atomic E-state index is 0.310. The molecule has 4 heteroatoms. The number of aromatic amines is 1. The van der Waals surface area contributed by atoms with Crippen LogP contribution in [0, 0.1) is 5.82 Å². The van der Waals surface area contributed by atoms with Gasteiger partial charge in [-0.1, -0.05) is 11.6 Å². The van der Waals surface area contributed by atoms with Gasteiger partial charge in [-0.15, -0.1) is 0 Å². The van der Waals surface area contributed by atoms with Gasteiger partial charge in [-0.05, 0) is 18.2 Å². The molecule has 0 radical (unpaired) electrons. The van der Waals surface area contributed by atoms with Crippen molar-refractivity contribution in [2.75, 3.05) is 0 Å². The zero-order valence-corrected chi connectivity index (χ0v) is 7.23. The summed E-state index contributed by atoms with van der Waals surface area (Å²) >= 11 is 5.63. The Bertz CT molecular complexity index is 478. The summed E-state index contributed by atoms with van der Waals surface area (Å²) in [7, 11) is 0. The van der Waals surface area contributed by atoms with E-state index in [1.54, 1.807) is 6.07 Å². The Labute approximate surface area is 78.3 Å². The van der Waals surface area contributed by atoms with Crippen LogP contribution in [-0.2, 0) is 0 Å². The highest BCUT2D eigenvalue weighted by atomic mass is 35.5. The standard InChI is InChI=1S/C9H5ClFNO/c10-5-1-8(11)7-3-6(4-13)12-9(7)2-5/h1-4,12H. The van der Waals surface area contributed by atoms with Crippen molar-refractivity contribution in [2.24, 2.45) is 0 Å². The molecule has 1 heterocycles. The van der Waals surface area contributed by atoms with Gasteiger partial charge in [-0.25, -0.2) is 4.39 Å². The Hall–Kier alpha value is -1.35. The molecule has 0 unspecified atom stereocenters. The molecule has 2 rings (SSSR count). The maximum atomic E-state index is 13.2. The zero-order chi connectivity index (χ0) is 9.42. The van der Waals surface area contributed by atoms with Crippen LogP contribution in [-0.4, -0.2) is 11.3 Å². The SMILES string of the molecule is O=Cc1cc2c(F)cc(Cl)cc2[nH]1. The van der Waals surface area contributed by atoms with Gasteiger partial charge in [0, 0.05) is 10.4 Å². The summed E-state index contributed by atoms with van der Waals surface area (Å²) in [5.41, 5.74) is 0.878. The second-order valence-corrected chi connectivity index (χ2v) is 3.13. The molecule has 0 saturated heterocycles. The van der Waals surface area contributed by atoms with Crippen LogP contribution >= 0.6 is 11.6 Å². The molecule has 0 aliphatic rings. The number of halogens is 2. The first-order valence-corrected chi connectivity index (χ1v) is 4.01. The van der Waals surface area contributed by atoms with Crippen LogP contribution in [0.3, 0.4) is 0 Å². The largest absolute Gasteiger partial charge is 0.352 e. The number of aromatic nitrogens is 1. The number of nitrogens with one attached hydrogen (secondary N) is 1. The van der Waals surface area contributed by atoms with Crippen LogP contribution in [0.15, 0.2) is 18.2 Å². The quantitative estimate of drug-likeness (QED) is 0.701. The molecule has 2 aromatic rings.